The van der Waals surface area contributed by atoms with E-state index in [0.717, 1.165) is 17.8 Å². The lowest BCUT2D eigenvalue weighted by atomic mass is 9.99. The Hall–Kier alpha value is -3.33. The Morgan fingerprint density at radius 2 is 1.73 bits per heavy atom. The van der Waals surface area contributed by atoms with Crippen LogP contribution in [0.15, 0.2) is 54.6 Å². The van der Waals surface area contributed by atoms with Crippen LogP contribution in [0.5, 0.6) is 0 Å². The fraction of sp³-hybridized carbons (Fsp3) is 0.238. The third-order valence-corrected chi connectivity index (χ3v) is 5.90. The summed E-state index contributed by atoms with van der Waals surface area (Å²) < 4.78 is 13.0. The van der Waals surface area contributed by atoms with E-state index in [-0.39, 0.29) is 23.7 Å². The number of piperidine rings is 1. The largest absolute Gasteiger partial charge is 0.324 e. The summed E-state index contributed by atoms with van der Waals surface area (Å²) >= 11 is 1.25. The lowest BCUT2D eigenvalue weighted by Gasteiger charge is -2.31. The van der Waals surface area contributed by atoms with Gasteiger partial charge in [0.05, 0.1) is 0 Å². The molecule has 30 heavy (non-hydrogen) atoms. The van der Waals surface area contributed by atoms with E-state index in [1.165, 1.54) is 35.6 Å². The Kier molecular flexibility index (Phi) is 5.99. The Balaban J connectivity index is 1.38. The molecular weight excluding hydrogens is 405 g/mol. The molecule has 1 atom stereocenters. The van der Waals surface area contributed by atoms with E-state index >= 15 is 0 Å². The summed E-state index contributed by atoms with van der Waals surface area (Å²) in [4.78, 5) is 26.7. The molecule has 3 aromatic rings. The van der Waals surface area contributed by atoms with Gasteiger partial charge in [-0.3, -0.25) is 4.79 Å². The minimum Gasteiger partial charge on any atom is -0.324 e. The molecular formula is C21H20FN5O2S. The summed E-state index contributed by atoms with van der Waals surface area (Å²) in [6.07, 6.45) is 1.70. The van der Waals surface area contributed by atoms with Crippen molar-refractivity contribution in [2.75, 3.05) is 23.7 Å². The van der Waals surface area contributed by atoms with Crippen molar-refractivity contribution in [2.45, 2.75) is 18.8 Å². The molecule has 0 radical (unpaired) electrons. The van der Waals surface area contributed by atoms with Crippen LogP contribution in [0.3, 0.4) is 0 Å². The third-order valence-electron chi connectivity index (χ3n) is 4.82. The number of hydrogen-bond donors (Lipinski definition) is 2. The molecule has 154 valence electrons. The number of hydrogen-bond acceptors (Lipinski definition) is 5. The molecule has 1 aliphatic heterocycles. The number of urea groups is 1. The molecule has 1 aromatic heterocycles. The topological polar surface area (TPSA) is 87.2 Å². The monoisotopic (exact) mass is 425 g/mol. The van der Waals surface area contributed by atoms with Gasteiger partial charge in [0, 0.05) is 30.4 Å². The van der Waals surface area contributed by atoms with Gasteiger partial charge in [-0.05, 0) is 49.2 Å². The quantitative estimate of drug-likeness (QED) is 0.651. The highest BCUT2D eigenvalue weighted by Crippen LogP contribution is 2.29. The van der Waals surface area contributed by atoms with Gasteiger partial charge < -0.3 is 15.5 Å². The Morgan fingerprint density at radius 1 is 1.00 bits per heavy atom. The van der Waals surface area contributed by atoms with E-state index < -0.39 is 0 Å². The zero-order valence-electron chi connectivity index (χ0n) is 16.0. The smallest absolute Gasteiger partial charge is 0.321 e. The van der Waals surface area contributed by atoms with E-state index in [1.807, 2.05) is 18.2 Å². The van der Waals surface area contributed by atoms with Gasteiger partial charge in [-0.15, -0.1) is 10.2 Å². The number of aromatic nitrogens is 2. The summed E-state index contributed by atoms with van der Waals surface area (Å²) in [6, 6.07) is 14.6. The average Bonchev–Trinajstić information content (AvgIpc) is 3.27. The zero-order chi connectivity index (χ0) is 20.9. The highest BCUT2D eigenvalue weighted by Gasteiger charge is 2.28. The number of nitrogens with zero attached hydrogens (tertiary/aromatic N) is 3. The summed E-state index contributed by atoms with van der Waals surface area (Å²) in [5.74, 6) is -0.630. The second kappa shape index (κ2) is 9.00. The first-order chi connectivity index (χ1) is 14.6. The average molecular weight is 425 g/mol. The minimum absolute atomic E-state index is 0.0218. The molecule has 2 heterocycles. The first-order valence-corrected chi connectivity index (χ1v) is 10.4. The predicted octanol–water partition coefficient (Wildman–Crippen LogP) is 4.34. The van der Waals surface area contributed by atoms with Crippen LogP contribution in [0.1, 0.15) is 33.6 Å². The van der Waals surface area contributed by atoms with E-state index in [4.69, 9.17) is 0 Å². The molecule has 0 unspecified atom stereocenters. The number of benzene rings is 2. The van der Waals surface area contributed by atoms with Crippen molar-refractivity contribution in [3.63, 3.8) is 0 Å². The van der Waals surface area contributed by atoms with Crippen molar-refractivity contribution in [3.8, 4) is 0 Å². The van der Waals surface area contributed by atoms with Gasteiger partial charge in [0.15, 0.2) is 0 Å². The molecule has 0 spiro atoms. The van der Waals surface area contributed by atoms with Crippen LogP contribution in [-0.2, 0) is 0 Å². The predicted molar refractivity (Wildman–Crippen MR) is 113 cm³/mol. The van der Waals surface area contributed by atoms with E-state index in [2.05, 4.69) is 20.8 Å². The fourth-order valence-electron chi connectivity index (χ4n) is 3.30. The third kappa shape index (κ3) is 4.80. The number of para-hydroxylation sites is 1. The first kappa shape index (κ1) is 20.0. The van der Waals surface area contributed by atoms with Crippen molar-refractivity contribution >= 4 is 34.6 Å². The number of rotatable bonds is 4. The molecule has 1 saturated heterocycles. The van der Waals surface area contributed by atoms with Crippen molar-refractivity contribution in [1.82, 2.24) is 15.1 Å². The number of anilines is 2. The van der Waals surface area contributed by atoms with Crippen LogP contribution in [0.2, 0.25) is 0 Å². The Bertz CT molecular complexity index is 1030. The Labute approximate surface area is 176 Å². The van der Waals surface area contributed by atoms with Crippen molar-refractivity contribution in [1.29, 1.82) is 0 Å². The molecule has 3 amide bonds. The molecule has 2 N–H and O–H groups in total. The van der Waals surface area contributed by atoms with Gasteiger partial charge in [0.2, 0.25) is 5.01 Å². The van der Waals surface area contributed by atoms with Crippen LogP contribution in [0, 0.1) is 5.82 Å². The van der Waals surface area contributed by atoms with Crippen LogP contribution < -0.4 is 10.6 Å². The lowest BCUT2D eigenvalue weighted by Crippen LogP contribution is -2.41. The maximum Gasteiger partial charge on any atom is 0.321 e. The van der Waals surface area contributed by atoms with Crippen molar-refractivity contribution in [3.05, 3.63) is 70.4 Å². The maximum absolute atomic E-state index is 13.0. The Morgan fingerprint density at radius 3 is 2.50 bits per heavy atom. The van der Waals surface area contributed by atoms with Gasteiger partial charge in [-0.2, -0.15) is 0 Å². The molecule has 7 nitrogen and oxygen atoms in total. The first-order valence-electron chi connectivity index (χ1n) is 9.60. The highest BCUT2D eigenvalue weighted by atomic mass is 32.1. The van der Waals surface area contributed by atoms with Crippen LogP contribution in [0.4, 0.5) is 20.6 Å². The summed E-state index contributed by atoms with van der Waals surface area (Å²) in [6.45, 7) is 1.12. The second-order valence-corrected chi connectivity index (χ2v) is 8.00. The molecule has 1 fully saturated rings. The van der Waals surface area contributed by atoms with E-state index in [0.29, 0.717) is 29.5 Å². The summed E-state index contributed by atoms with van der Waals surface area (Å²) in [5, 5.41) is 14.9. The molecule has 0 bridgehead atoms. The summed E-state index contributed by atoms with van der Waals surface area (Å²) in [7, 11) is 0. The van der Waals surface area contributed by atoms with Crippen molar-refractivity contribution < 1.29 is 14.0 Å². The van der Waals surface area contributed by atoms with Gasteiger partial charge >= 0.3 is 6.03 Å². The van der Waals surface area contributed by atoms with Crippen LogP contribution in [0.25, 0.3) is 0 Å². The second-order valence-electron chi connectivity index (χ2n) is 6.99. The molecule has 1 aliphatic rings. The van der Waals surface area contributed by atoms with Crippen LogP contribution in [-0.4, -0.2) is 40.1 Å². The van der Waals surface area contributed by atoms with E-state index in [9.17, 15) is 14.0 Å². The van der Waals surface area contributed by atoms with E-state index in [1.54, 1.807) is 17.0 Å². The standard InChI is InChI=1S/C21H20FN5O2S/c22-15-8-10-17(11-9-15)24-21(29)27-12-4-5-14(13-27)19-25-26-20(30-19)18(28)23-16-6-2-1-3-7-16/h1-3,6-11,14H,4-5,12-13H2,(H,23,28)(H,24,29)/t14-/m0/s1. The van der Waals surface area contributed by atoms with Crippen molar-refractivity contribution in [2.24, 2.45) is 0 Å². The lowest BCUT2D eigenvalue weighted by molar-refractivity contribution is 0.102. The maximum atomic E-state index is 13.0. The van der Waals surface area contributed by atoms with Gasteiger partial charge in [0.25, 0.3) is 5.91 Å². The number of amides is 3. The number of carbonyl (C=O) groups is 2. The number of nitrogens with one attached hydrogen (secondary N) is 2. The number of halogens is 1. The normalized spacial score (nSPS) is 16.2. The van der Waals surface area contributed by atoms with Gasteiger partial charge in [-0.1, -0.05) is 29.5 Å². The molecule has 4 rings (SSSR count). The number of carbonyl (C=O) groups excluding carboxylic acids is 2. The molecule has 2 aromatic carbocycles. The minimum atomic E-state index is -0.352. The zero-order valence-corrected chi connectivity index (χ0v) is 16.9. The fourth-order valence-corrected chi connectivity index (χ4v) is 4.16. The molecule has 0 saturated carbocycles. The highest BCUT2D eigenvalue weighted by molar-refractivity contribution is 7.13. The molecule has 0 aliphatic carbocycles. The van der Waals surface area contributed by atoms with Crippen LogP contribution >= 0.6 is 11.3 Å². The molecule has 9 heteroatoms. The van der Waals surface area contributed by atoms with Gasteiger partial charge in [-0.25, -0.2) is 9.18 Å². The summed E-state index contributed by atoms with van der Waals surface area (Å²) in [5.41, 5.74) is 1.24. The SMILES string of the molecule is O=C(Nc1ccccc1)c1nnc([C@H]2CCCN(C(=O)Nc3ccc(F)cc3)C2)s1. The van der Waals surface area contributed by atoms with Gasteiger partial charge in [0.1, 0.15) is 10.8 Å². The number of likely N-dealkylation sites (tertiary alicyclic amines) is 1.